The van der Waals surface area contributed by atoms with Gasteiger partial charge in [-0.15, -0.1) is 0 Å². The maximum atomic E-state index is 15.1. The summed E-state index contributed by atoms with van der Waals surface area (Å²) < 4.78 is 0. The highest BCUT2D eigenvalue weighted by molar-refractivity contribution is 5.97. The Labute approximate surface area is 399 Å². The van der Waals surface area contributed by atoms with E-state index in [4.69, 9.17) is 17.2 Å². The fourth-order valence-electron chi connectivity index (χ4n) is 8.39. The molecule has 1 aromatic heterocycles. The molecule has 0 saturated carbocycles. The lowest BCUT2D eigenvalue weighted by molar-refractivity contribution is -0.135. The van der Waals surface area contributed by atoms with Crippen molar-refractivity contribution in [1.82, 2.24) is 31.6 Å². The molecule has 15 nitrogen and oxygen atoms in total. The van der Waals surface area contributed by atoms with E-state index in [1.165, 1.54) is 0 Å². The van der Waals surface area contributed by atoms with Crippen LogP contribution in [-0.4, -0.2) is 83.2 Å². The van der Waals surface area contributed by atoms with Crippen LogP contribution in [0.1, 0.15) is 88.0 Å². The number of benzene rings is 4. The summed E-state index contributed by atoms with van der Waals surface area (Å²) in [4.78, 5) is 88.3. The molecular weight excluding hydrogens is 859 g/mol. The van der Waals surface area contributed by atoms with Gasteiger partial charge in [0.05, 0.1) is 6.04 Å². The quantitative estimate of drug-likeness (QED) is 0.0362. The molecule has 1 heterocycles. The number of aromatic nitrogens is 1. The highest BCUT2D eigenvalue weighted by Crippen LogP contribution is 2.29. The number of rotatable bonds is 26. The van der Waals surface area contributed by atoms with Crippen LogP contribution in [0, 0.1) is 11.8 Å². The Morgan fingerprint density at radius 2 is 1.03 bits per heavy atom. The molecule has 0 spiro atoms. The van der Waals surface area contributed by atoms with E-state index in [1.807, 2.05) is 143 Å². The number of primary amides is 1. The zero-order valence-electron chi connectivity index (χ0n) is 39.6. The molecule has 0 aliphatic rings. The number of fused-ring (bicyclic) bond motifs is 1. The van der Waals surface area contributed by atoms with Crippen molar-refractivity contribution in [3.05, 3.63) is 144 Å². The maximum Gasteiger partial charge on any atom is 0.244 e. The molecule has 68 heavy (non-hydrogen) atoms. The molecule has 0 aliphatic carbocycles. The fraction of sp³-hybridized carbons (Fsp3) is 0.396. The summed E-state index contributed by atoms with van der Waals surface area (Å²) in [5.41, 5.74) is 21.4. The first kappa shape index (κ1) is 52.1. The van der Waals surface area contributed by atoms with Crippen LogP contribution < -0.4 is 43.8 Å². The summed E-state index contributed by atoms with van der Waals surface area (Å²) in [6.07, 6.45) is 4.05. The lowest BCUT2D eigenvalue weighted by atomic mass is 9.84. The zero-order chi connectivity index (χ0) is 49.2. The molecule has 0 saturated heterocycles. The van der Waals surface area contributed by atoms with Crippen LogP contribution >= 0.6 is 0 Å². The summed E-state index contributed by atoms with van der Waals surface area (Å²) in [6.45, 7) is 8.08. The number of carbonyl (C=O) groups excluding carboxylic acids is 6. The molecule has 15 heteroatoms. The second-order valence-corrected chi connectivity index (χ2v) is 18.3. The van der Waals surface area contributed by atoms with Crippen molar-refractivity contribution in [2.75, 3.05) is 6.54 Å². The molecule has 0 bridgehead atoms. The van der Waals surface area contributed by atoms with E-state index in [-0.39, 0.29) is 31.1 Å². The van der Waals surface area contributed by atoms with E-state index in [0.29, 0.717) is 43.4 Å². The minimum atomic E-state index is -1.35. The smallest absolute Gasteiger partial charge is 0.244 e. The van der Waals surface area contributed by atoms with Crippen molar-refractivity contribution < 1.29 is 28.8 Å². The lowest BCUT2D eigenvalue weighted by Gasteiger charge is -2.32. The summed E-state index contributed by atoms with van der Waals surface area (Å²) in [5.74, 6) is -4.63. The summed E-state index contributed by atoms with van der Waals surface area (Å²) >= 11 is 0. The van der Waals surface area contributed by atoms with Crippen LogP contribution in [0.4, 0.5) is 0 Å². The van der Waals surface area contributed by atoms with Crippen LogP contribution in [0.15, 0.2) is 121 Å². The number of nitrogens with two attached hydrogens (primary N) is 3. The van der Waals surface area contributed by atoms with Gasteiger partial charge in [-0.25, -0.2) is 0 Å². The van der Waals surface area contributed by atoms with Crippen LogP contribution in [0.3, 0.4) is 0 Å². The molecule has 0 fully saturated rings. The number of hydrogen-bond donors (Lipinski definition) is 9. The van der Waals surface area contributed by atoms with Gasteiger partial charge in [0.1, 0.15) is 30.2 Å². The second kappa shape index (κ2) is 25.9. The lowest BCUT2D eigenvalue weighted by Crippen LogP contribution is -2.61. The van der Waals surface area contributed by atoms with Gasteiger partial charge in [-0.2, -0.15) is 0 Å². The monoisotopic (exact) mass is 928 g/mol. The number of H-pyrrole nitrogens is 1. The Bertz CT molecular complexity index is 2370. The van der Waals surface area contributed by atoms with E-state index in [1.54, 1.807) is 6.20 Å². The van der Waals surface area contributed by atoms with Crippen molar-refractivity contribution in [1.29, 1.82) is 0 Å². The number of unbranched alkanes of at least 4 members (excludes halogenated alkanes) is 1. The van der Waals surface area contributed by atoms with Gasteiger partial charge in [0, 0.05) is 35.9 Å². The molecule has 6 amide bonds. The highest BCUT2D eigenvalue weighted by Gasteiger charge is 2.38. The minimum Gasteiger partial charge on any atom is -0.368 e. The average molecular weight is 928 g/mol. The summed E-state index contributed by atoms with van der Waals surface area (Å²) in [7, 11) is 0. The number of aromatic amines is 1. The number of para-hydroxylation sites is 1. The molecule has 6 atom stereocenters. The van der Waals surface area contributed by atoms with Crippen LogP contribution in [0.25, 0.3) is 10.9 Å². The molecule has 362 valence electrons. The largest absolute Gasteiger partial charge is 0.368 e. The maximum absolute atomic E-state index is 15.1. The van der Waals surface area contributed by atoms with Gasteiger partial charge >= 0.3 is 0 Å². The molecule has 5 aromatic rings. The standard InChI is InChI=1S/C53H69N9O6/c1-33(2)28-42(48(56)63)58-50(65)43(29-34(3)4)61-53(68)47(46(36-20-10-6-11-21-36)37-22-12-7-13-23-37)62-52(67)44(30-35-18-8-5-9-19-35)60-51(66)45(59-49(64)40(55)25-16-17-27-54)31-38-32-57-41-26-15-14-24-39(38)41/h5-15,18-24,26,32-34,40,42-47,57H,16-17,25,27-31,54-55H2,1-4H3,(H2,56,63)(H,58,65)(H,59,64)(H,60,66)(H,61,68)(H,62,67)/t40-,42-,43-,44-,45+,47+/m0/s1. The predicted octanol–water partition coefficient (Wildman–Crippen LogP) is 4.24. The van der Waals surface area contributed by atoms with Crippen LogP contribution in [0.2, 0.25) is 0 Å². The molecular formula is C53H69N9O6. The first-order valence-corrected chi connectivity index (χ1v) is 23.6. The number of carbonyl (C=O) groups is 6. The van der Waals surface area contributed by atoms with Crippen molar-refractivity contribution in [2.45, 2.75) is 115 Å². The van der Waals surface area contributed by atoms with Gasteiger partial charge in [-0.1, -0.05) is 143 Å². The Balaban J connectivity index is 1.54. The summed E-state index contributed by atoms with van der Waals surface area (Å²) in [6, 6.07) is 28.4. The van der Waals surface area contributed by atoms with Gasteiger partial charge in [-0.05, 0) is 72.4 Å². The van der Waals surface area contributed by atoms with E-state index in [0.717, 1.165) is 22.0 Å². The molecule has 0 unspecified atom stereocenters. The zero-order valence-corrected chi connectivity index (χ0v) is 39.6. The molecule has 0 radical (unpaired) electrons. The second-order valence-electron chi connectivity index (χ2n) is 18.3. The van der Waals surface area contributed by atoms with Crippen molar-refractivity contribution in [3.8, 4) is 0 Å². The molecule has 5 rings (SSSR count). The van der Waals surface area contributed by atoms with Crippen molar-refractivity contribution >= 4 is 46.3 Å². The van der Waals surface area contributed by atoms with Crippen molar-refractivity contribution in [3.63, 3.8) is 0 Å². The summed E-state index contributed by atoms with van der Waals surface area (Å²) in [5, 5.41) is 15.4. The Morgan fingerprint density at radius 1 is 0.544 bits per heavy atom. The Hall–Kier alpha value is -6.84. The first-order valence-electron chi connectivity index (χ1n) is 23.6. The third-order valence-corrected chi connectivity index (χ3v) is 11.9. The van der Waals surface area contributed by atoms with E-state index >= 15 is 9.59 Å². The number of hydrogen-bond acceptors (Lipinski definition) is 8. The van der Waals surface area contributed by atoms with Gasteiger partial charge in [0.15, 0.2) is 0 Å². The van der Waals surface area contributed by atoms with E-state index in [2.05, 4.69) is 31.6 Å². The van der Waals surface area contributed by atoms with Gasteiger partial charge in [-0.3, -0.25) is 28.8 Å². The van der Waals surface area contributed by atoms with E-state index in [9.17, 15) is 19.2 Å². The number of nitrogens with one attached hydrogen (secondary N) is 6. The SMILES string of the molecule is CC(C)C[C@H](NC(=O)[C@H](CC(C)C)NC(=O)[C@H](NC(=O)[C@H](Cc1ccccc1)NC(=O)[C@@H](Cc1c[nH]c2ccccc12)NC(=O)[C@@H](N)CCCCN)C(c1ccccc1)c1ccccc1)C(N)=O. The van der Waals surface area contributed by atoms with E-state index < -0.39 is 77.6 Å². The normalized spacial score (nSPS) is 14.1. The van der Waals surface area contributed by atoms with Crippen LogP contribution in [0.5, 0.6) is 0 Å². The average Bonchev–Trinajstić information content (AvgIpc) is 3.73. The first-order chi connectivity index (χ1) is 32.6. The Kier molecular flexibility index (Phi) is 19.9. The molecule has 4 aromatic carbocycles. The van der Waals surface area contributed by atoms with Crippen LogP contribution in [-0.2, 0) is 41.6 Å². The third kappa shape index (κ3) is 15.4. The Morgan fingerprint density at radius 3 is 1.62 bits per heavy atom. The number of amides is 6. The van der Waals surface area contributed by atoms with Gasteiger partial charge < -0.3 is 48.8 Å². The van der Waals surface area contributed by atoms with Crippen molar-refractivity contribution in [2.24, 2.45) is 29.0 Å². The third-order valence-electron chi connectivity index (χ3n) is 11.9. The molecule has 0 aliphatic heterocycles. The highest BCUT2D eigenvalue weighted by atomic mass is 16.2. The fourth-order valence-corrected chi connectivity index (χ4v) is 8.39. The topological polar surface area (TPSA) is 256 Å². The predicted molar refractivity (Wildman–Crippen MR) is 266 cm³/mol. The van der Waals surface area contributed by atoms with Gasteiger partial charge in [0.25, 0.3) is 0 Å². The minimum absolute atomic E-state index is 0.0170. The molecule has 12 N–H and O–H groups in total. The van der Waals surface area contributed by atoms with Gasteiger partial charge in [0.2, 0.25) is 35.4 Å².